The second-order valence-electron chi connectivity index (χ2n) is 5.88. The van der Waals surface area contributed by atoms with Crippen molar-refractivity contribution in [1.82, 2.24) is 9.99 Å². The van der Waals surface area contributed by atoms with E-state index in [0.29, 0.717) is 17.1 Å². The number of benzene rings is 2. The van der Waals surface area contributed by atoms with E-state index in [2.05, 4.69) is 21.2 Å². The SMILES string of the molecule is COc1cc(OC)cc(C(=O)NN=Cc2c(C)n(C)c3ccccc23)c1. The molecule has 0 saturated carbocycles. The molecule has 0 fully saturated rings. The number of rotatable bonds is 5. The lowest BCUT2D eigenvalue weighted by molar-refractivity contribution is 0.0954. The maximum absolute atomic E-state index is 12.4. The van der Waals surface area contributed by atoms with Gasteiger partial charge < -0.3 is 14.0 Å². The Morgan fingerprint density at radius 1 is 1.12 bits per heavy atom. The zero-order valence-electron chi connectivity index (χ0n) is 15.2. The van der Waals surface area contributed by atoms with Gasteiger partial charge in [0.2, 0.25) is 0 Å². The minimum Gasteiger partial charge on any atom is -0.497 e. The molecule has 0 bridgehead atoms. The van der Waals surface area contributed by atoms with Gasteiger partial charge in [-0.3, -0.25) is 4.79 Å². The summed E-state index contributed by atoms with van der Waals surface area (Å²) in [7, 11) is 5.09. The molecule has 1 aromatic heterocycles. The molecule has 134 valence electrons. The van der Waals surface area contributed by atoms with E-state index < -0.39 is 0 Å². The highest BCUT2D eigenvalue weighted by Crippen LogP contribution is 2.24. The Kier molecular flexibility index (Phi) is 4.93. The fraction of sp³-hybridized carbons (Fsp3) is 0.200. The van der Waals surface area contributed by atoms with Crippen LogP contribution in [0.15, 0.2) is 47.6 Å². The lowest BCUT2D eigenvalue weighted by Crippen LogP contribution is -2.17. The summed E-state index contributed by atoms with van der Waals surface area (Å²) in [6.07, 6.45) is 1.67. The molecule has 26 heavy (non-hydrogen) atoms. The third kappa shape index (κ3) is 3.26. The van der Waals surface area contributed by atoms with Crippen molar-refractivity contribution >= 4 is 23.0 Å². The van der Waals surface area contributed by atoms with E-state index in [-0.39, 0.29) is 5.91 Å². The van der Waals surface area contributed by atoms with Crippen LogP contribution in [0.2, 0.25) is 0 Å². The van der Waals surface area contributed by atoms with Crippen LogP contribution in [0.25, 0.3) is 10.9 Å². The number of methoxy groups -OCH3 is 2. The number of para-hydroxylation sites is 1. The number of hydrogen-bond acceptors (Lipinski definition) is 4. The molecule has 0 aliphatic heterocycles. The van der Waals surface area contributed by atoms with E-state index in [1.165, 1.54) is 14.2 Å². The molecule has 0 aliphatic carbocycles. The average molecular weight is 351 g/mol. The Morgan fingerprint density at radius 3 is 2.42 bits per heavy atom. The Balaban J connectivity index is 1.83. The molecule has 3 rings (SSSR count). The molecule has 1 heterocycles. The third-order valence-electron chi connectivity index (χ3n) is 4.42. The molecule has 0 radical (unpaired) electrons. The first-order valence-electron chi connectivity index (χ1n) is 8.15. The molecular weight excluding hydrogens is 330 g/mol. The van der Waals surface area contributed by atoms with Gasteiger partial charge >= 0.3 is 0 Å². The second kappa shape index (κ2) is 7.31. The number of nitrogens with one attached hydrogen (secondary N) is 1. The number of aryl methyl sites for hydroxylation is 1. The summed E-state index contributed by atoms with van der Waals surface area (Å²) in [5.41, 5.74) is 6.15. The molecule has 0 aliphatic rings. The molecule has 1 N–H and O–H groups in total. The normalized spacial score (nSPS) is 11.1. The number of fused-ring (bicyclic) bond motifs is 1. The van der Waals surface area contributed by atoms with Gasteiger partial charge in [-0.1, -0.05) is 18.2 Å². The summed E-state index contributed by atoms with van der Waals surface area (Å²) in [6, 6.07) is 13.1. The van der Waals surface area contributed by atoms with Crippen LogP contribution >= 0.6 is 0 Å². The van der Waals surface area contributed by atoms with Crippen molar-refractivity contribution in [3.63, 3.8) is 0 Å². The topological polar surface area (TPSA) is 64.8 Å². The number of hydrazone groups is 1. The van der Waals surface area contributed by atoms with Crippen molar-refractivity contribution in [2.45, 2.75) is 6.92 Å². The fourth-order valence-electron chi connectivity index (χ4n) is 2.87. The van der Waals surface area contributed by atoms with E-state index in [0.717, 1.165) is 22.2 Å². The standard InChI is InChI=1S/C20H21N3O3/c1-13-18(17-7-5-6-8-19(17)23(13)2)12-21-22-20(24)14-9-15(25-3)11-16(10-14)26-4/h5-12H,1-4H3,(H,22,24). The zero-order valence-corrected chi connectivity index (χ0v) is 15.2. The molecule has 1 amide bonds. The number of hydrogen-bond donors (Lipinski definition) is 1. The highest BCUT2D eigenvalue weighted by Gasteiger charge is 2.11. The summed E-state index contributed by atoms with van der Waals surface area (Å²) >= 11 is 0. The van der Waals surface area contributed by atoms with Crippen LogP contribution in [0.3, 0.4) is 0 Å². The predicted octanol–water partition coefficient (Wildman–Crippen LogP) is 3.27. The number of ether oxygens (including phenoxy) is 2. The van der Waals surface area contributed by atoms with Crippen molar-refractivity contribution in [2.24, 2.45) is 12.1 Å². The number of nitrogens with zero attached hydrogens (tertiary/aromatic N) is 2. The molecule has 3 aromatic rings. The molecular formula is C20H21N3O3. The smallest absolute Gasteiger partial charge is 0.271 e. The van der Waals surface area contributed by atoms with Gasteiger partial charge in [-0.2, -0.15) is 5.10 Å². The zero-order chi connectivity index (χ0) is 18.7. The summed E-state index contributed by atoms with van der Waals surface area (Å²) in [6.45, 7) is 2.02. The molecule has 0 saturated heterocycles. The van der Waals surface area contributed by atoms with Crippen molar-refractivity contribution in [2.75, 3.05) is 14.2 Å². The second-order valence-corrected chi connectivity index (χ2v) is 5.88. The van der Waals surface area contributed by atoms with E-state index in [4.69, 9.17) is 9.47 Å². The maximum atomic E-state index is 12.4. The summed E-state index contributed by atoms with van der Waals surface area (Å²) < 4.78 is 12.5. The minimum atomic E-state index is -0.337. The Labute approximate surface area is 152 Å². The summed E-state index contributed by atoms with van der Waals surface area (Å²) in [5.74, 6) is 0.753. The van der Waals surface area contributed by atoms with Crippen LogP contribution in [0, 0.1) is 6.92 Å². The summed E-state index contributed by atoms with van der Waals surface area (Å²) in [4.78, 5) is 12.4. The van der Waals surface area contributed by atoms with Gasteiger partial charge in [-0.15, -0.1) is 0 Å². The largest absolute Gasteiger partial charge is 0.497 e. The van der Waals surface area contributed by atoms with Gasteiger partial charge in [0, 0.05) is 40.8 Å². The first-order valence-corrected chi connectivity index (χ1v) is 8.15. The van der Waals surface area contributed by atoms with Gasteiger partial charge in [-0.05, 0) is 25.1 Å². The van der Waals surface area contributed by atoms with Gasteiger partial charge in [-0.25, -0.2) is 5.43 Å². The van der Waals surface area contributed by atoms with E-state index >= 15 is 0 Å². The third-order valence-corrected chi connectivity index (χ3v) is 4.42. The number of amides is 1. The predicted molar refractivity (Wildman–Crippen MR) is 102 cm³/mol. The highest BCUT2D eigenvalue weighted by atomic mass is 16.5. The maximum Gasteiger partial charge on any atom is 0.271 e. The quantitative estimate of drug-likeness (QED) is 0.567. The van der Waals surface area contributed by atoms with Crippen molar-refractivity contribution in [3.8, 4) is 11.5 Å². The molecule has 6 heteroatoms. The lowest BCUT2D eigenvalue weighted by atomic mass is 10.1. The van der Waals surface area contributed by atoms with Crippen molar-refractivity contribution in [1.29, 1.82) is 0 Å². The van der Waals surface area contributed by atoms with Crippen LogP contribution < -0.4 is 14.9 Å². The van der Waals surface area contributed by atoms with Crippen LogP contribution in [0.5, 0.6) is 11.5 Å². The Morgan fingerprint density at radius 2 is 1.77 bits per heavy atom. The van der Waals surface area contributed by atoms with E-state index in [1.54, 1.807) is 24.4 Å². The van der Waals surface area contributed by atoms with Crippen molar-refractivity contribution in [3.05, 3.63) is 59.3 Å². The van der Waals surface area contributed by atoms with Crippen LogP contribution in [-0.2, 0) is 7.05 Å². The average Bonchev–Trinajstić information content (AvgIpc) is 2.92. The number of carbonyl (C=O) groups excluding carboxylic acids is 1. The first kappa shape index (κ1) is 17.5. The van der Waals surface area contributed by atoms with E-state index in [1.807, 2.05) is 32.2 Å². The highest BCUT2D eigenvalue weighted by molar-refractivity contribution is 6.02. The summed E-state index contributed by atoms with van der Waals surface area (Å²) in [5, 5.41) is 5.22. The lowest BCUT2D eigenvalue weighted by Gasteiger charge is -2.07. The van der Waals surface area contributed by atoms with Gasteiger partial charge in [0.05, 0.1) is 20.4 Å². The monoisotopic (exact) mass is 351 g/mol. The molecule has 6 nitrogen and oxygen atoms in total. The Hall–Kier alpha value is -3.28. The fourth-order valence-corrected chi connectivity index (χ4v) is 2.87. The minimum absolute atomic E-state index is 0.337. The first-order chi connectivity index (χ1) is 12.5. The molecule has 0 spiro atoms. The van der Waals surface area contributed by atoms with Crippen LogP contribution in [0.1, 0.15) is 21.6 Å². The van der Waals surface area contributed by atoms with Gasteiger partial charge in [0.15, 0.2) is 0 Å². The molecule has 0 atom stereocenters. The van der Waals surface area contributed by atoms with E-state index in [9.17, 15) is 4.79 Å². The molecule has 0 unspecified atom stereocenters. The molecule has 2 aromatic carbocycles. The van der Waals surface area contributed by atoms with Crippen molar-refractivity contribution < 1.29 is 14.3 Å². The van der Waals surface area contributed by atoms with Crippen LogP contribution in [0.4, 0.5) is 0 Å². The van der Waals surface area contributed by atoms with Gasteiger partial charge in [0.1, 0.15) is 11.5 Å². The number of carbonyl (C=O) groups is 1. The van der Waals surface area contributed by atoms with Gasteiger partial charge in [0.25, 0.3) is 5.91 Å². The Bertz CT molecular complexity index is 967. The van der Waals surface area contributed by atoms with Crippen LogP contribution in [-0.4, -0.2) is 30.9 Å². The number of aromatic nitrogens is 1.